The van der Waals surface area contributed by atoms with Gasteiger partial charge in [0.25, 0.3) is 0 Å². The molecule has 1 nitrogen and oxygen atoms in total. The maximum atomic E-state index is 13.3. The summed E-state index contributed by atoms with van der Waals surface area (Å²) in [6.45, 7) is 0.327. The number of halogens is 3. The second kappa shape index (κ2) is 8.75. The Morgan fingerprint density at radius 2 is 1.83 bits per heavy atom. The smallest absolute Gasteiger partial charge is 1.00 e. The molecule has 0 saturated heterocycles. The molecule has 0 N–H and O–H groups in total. The molecular weight excluding hydrogens is 331 g/mol. The van der Waals surface area contributed by atoms with Gasteiger partial charge in [-0.3, -0.25) is 0 Å². The van der Waals surface area contributed by atoms with Crippen LogP contribution in [0, 0.1) is 11.9 Å². The van der Waals surface area contributed by atoms with E-state index in [1.807, 2.05) is 12.1 Å². The summed E-state index contributed by atoms with van der Waals surface area (Å²) in [4.78, 5) is 0. The van der Waals surface area contributed by atoms with E-state index >= 15 is 0 Å². The topological polar surface area (TPSA) is 9.23 Å². The Morgan fingerprint density at radius 3 is 2.44 bits per heavy atom. The van der Waals surface area contributed by atoms with Crippen LogP contribution in [-0.4, -0.2) is 23.1 Å². The molecule has 0 unspecified atom stereocenters. The fourth-order valence-electron chi connectivity index (χ4n) is 1.27. The zero-order chi connectivity index (χ0) is 11.4. The maximum absolute atomic E-state index is 13.3. The van der Waals surface area contributed by atoms with Gasteiger partial charge in [-0.15, -0.1) is 5.56 Å². The molecule has 0 radical (unpaired) electrons. The summed E-state index contributed by atoms with van der Waals surface area (Å²) in [5.74, 6) is -0.243. The van der Waals surface area contributed by atoms with E-state index in [4.69, 9.17) is 16.3 Å². The van der Waals surface area contributed by atoms with E-state index in [-0.39, 0.29) is 45.8 Å². The average Bonchev–Trinajstić information content (AvgIpc) is 2.29. The molecule has 0 aliphatic heterocycles. The van der Waals surface area contributed by atoms with Gasteiger partial charge in [0, 0.05) is 5.02 Å². The molecule has 5 heteroatoms. The third kappa shape index (κ3) is 5.14. The van der Waals surface area contributed by atoms with E-state index < -0.39 is 5.82 Å². The van der Waals surface area contributed by atoms with E-state index in [1.54, 1.807) is 18.2 Å². The van der Waals surface area contributed by atoms with Crippen LogP contribution in [0.15, 0.2) is 42.5 Å². The molecule has 0 fully saturated rings. The van der Waals surface area contributed by atoms with Crippen LogP contribution < -0.4 is 21.7 Å². The molecule has 0 heterocycles. The number of hydrogen-bond donors (Lipinski definition) is 0. The summed E-state index contributed by atoms with van der Waals surface area (Å²) >= 11 is 5.63. The van der Waals surface area contributed by atoms with Crippen LogP contribution in [0.25, 0.3) is 0 Å². The van der Waals surface area contributed by atoms with Crippen LogP contribution in [0.5, 0.6) is 5.75 Å². The van der Waals surface area contributed by atoms with E-state index in [0.717, 1.165) is 5.56 Å². The Bertz CT molecular complexity index is 482. The first-order valence-electron chi connectivity index (χ1n) is 4.78. The van der Waals surface area contributed by atoms with Gasteiger partial charge in [0.05, 0.1) is 6.61 Å². The summed E-state index contributed by atoms with van der Waals surface area (Å²) in [5, 5.41) is 0.360. The summed E-state index contributed by atoms with van der Waals surface area (Å²) < 4.78 is 18.7. The molecule has 0 aliphatic carbocycles. The molecule has 18 heavy (non-hydrogen) atoms. The Hall–Kier alpha value is -0.294. The monoisotopic (exact) mass is 338 g/mol. The maximum Gasteiger partial charge on any atom is 2.00 e. The van der Waals surface area contributed by atoms with E-state index in [9.17, 15) is 4.39 Å². The predicted octanol–water partition coefficient (Wildman–Crippen LogP) is 0.481. The van der Waals surface area contributed by atoms with Crippen LogP contribution in [0.4, 0.5) is 4.39 Å². The van der Waals surface area contributed by atoms with Gasteiger partial charge >= 0.3 is 23.1 Å². The third-order valence-corrected chi connectivity index (χ3v) is 2.31. The summed E-state index contributed by atoms with van der Waals surface area (Å²) in [5.41, 5.74) is 0.966. The van der Waals surface area contributed by atoms with Gasteiger partial charge in [-0.25, -0.2) is 4.39 Å². The normalized spacial score (nSPS) is 9.00. The second-order valence-corrected chi connectivity index (χ2v) is 3.71. The first kappa shape index (κ1) is 17.7. The molecule has 2 aromatic carbocycles. The molecule has 0 aromatic heterocycles. The molecule has 2 aromatic rings. The van der Waals surface area contributed by atoms with Gasteiger partial charge in [-0.1, -0.05) is 11.6 Å². The minimum absolute atomic E-state index is 0. The minimum Gasteiger partial charge on any atom is -1.00 e. The van der Waals surface area contributed by atoms with E-state index in [2.05, 4.69) is 6.07 Å². The fourth-order valence-corrected chi connectivity index (χ4v) is 1.43. The average molecular weight is 340 g/mol. The van der Waals surface area contributed by atoms with E-state index in [1.165, 1.54) is 12.1 Å². The molecule has 0 bridgehead atoms. The summed E-state index contributed by atoms with van der Waals surface area (Å²) in [7, 11) is 0. The fraction of sp³-hybridized carbons (Fsp3) is 0.0769. The number of benzene rings is 2. The number of ether oxygens (including phenoxy) is 1. The van der Waals surface area contributed by atoms with Gasteiger partial charge in [-0.05, 0) is 18.2 Å². The molecule has 0 atom stereocenters. The zero-order valence-corrected chi connectivity index (χ0v) is 13.3. The Morgan fingerprint density at radius 1 is 1.17 bits per heavy atom. The van der Waals surface area contributed by atoms with Crippen molar-refractivity contribution < 1.29 is 26.1 Å². The second-order valence-electron chi connectivity index (χ2n) is 3.27. The largest absolute Gasteiger partial charge is 2.00 e. The van der Waals surface area contributed by atoms with Crippen molar-refractivity contribution in [2.75, 3.05) is 0 Å². The predicted molar refractivity (Wildman–Crippen MR) is 66.8 cm³/mol. The number of rotatable bonds is 3. The standard InChI is InChI=1S/C13H9ClFO.BrH.Mg/c14-11-6-7-13(12(15)8-11)16-9-10-4-2-1-3-5-10;;/h2-8H,9H2;1H;/q-1;;+2/p-1. The molecule has 0 spiro atoms. The van der Waals surface area contributed by atoms with Crippen LogP contribution in [-0.2, 0) is 6.61 Å². The van der Waals surface area contributed by atoms with Crippen molar-refractivity contribution in [3.63, 3.8) is 0 Å². The molecular formula is C13H9BrClFMgO. The third-order valence-electron chi connectivity index (χ3n) is 2.08. The van der Waals surface area contributed by atoms with Crippen molar-refractivity contribution in [2.24, 2.45) is 0 Å². The van der Waals surface area contributed by atoms with Crippen molar-refractivity contribution in [1.29, 1.82) is 0 Å². The Labute approximate surface area is 137 Å². The first-order valence-corrected chi connectivity index (χ1v) is 5.16. The Balaban J connectivity index is 0.00000144. The summed E-state index contributed by atoms with van der Waals surface area (Å²) in [6.07, 6.45) is 0. The minimum atomic E-state index is -0.449. The summed E-state index contributed by atoms with van der Waals surface area (Å²) in [6, 6.07) is 14.6. The van der Waals surface area contributed by atoms with Gasteiger partial charge in [0.1, 0.15) is 0 Å². The quantitative estimate of drug-likeness (QED) is 0.584. The first-order chi connectivity index (χ1) is 7.75. The van der Waals surface area contributed by atoms with Crippen LogP contribution in [0.1, 0.15) is 5.56 Å². The molecule has 2 rings (SSSR count). The number of hydrogen-bond acceptors (Lipinski definition) is 1. The van der Waals surface area contributed by atoms with Crippen LogP contribution in [0.2, 0.25) is 5.02 Å². The van der Waals surface area contributed by atoms with Crippen molar-refractivity contribution in [3.05, 3.63) is 64.9 Å². The molecule has 0 aliphatic rings. The zero-order valence-electron chi connectivity index (χ0n) is 9.50. The molecule has 90 valence electrons. The van der Waals surface area contributed by atoms with Crippen molar-refractivity contribution in [2.45, 2.75) is 6.61 Å². The van der Waals surface area contributed by atoms with Crippen molar-refractivity contribution >= 4 is 34.7 Å². The van der Waals surface area contributed by atoms with Crippen LogP contribution in [0.3, 0.4) is 0 Å². The van der Waals surface area contributed by atoms with Crippen molar-refractivity contribution in [3.8, 4) is 5.75 Å². The van der Waals surface area contributed by atoms with Crippen molar-refractivity contribution in [1.82, 2.24) is 0 Å². The van der Waals surface area contributed by atoms with Gasteiger partial charge in [-0.2, -0.15) is 30.3 Å². The SMILES string of the molecule is Fc1cc(Cl)ccc1OCc1cc[c-]cc1.[Br-].[Mg+2]. The van der Waals surface area contributed by atoms with Gasteiger partial charge in [0.15, 0.2) is 11.6 Å². The molecule has 0 saturated carbocycles. The Kier molecular flexibility index (Phi) is 8.60. The van der Waals surface area contributed by atoms with Crippen LogP contribution >= 0.6 is 11.6 Å². The molecule has 0 amide bonds. The van der Waals surface area contributed by atoms with Gasteiger partial charge < -0.3 is 21.7 Å². The van der Waals surface area contributed by atoms with Gasteiger partial charge in [0.2, 0.25) is 0 Å². The van der Waals surface area contributed by atoms with E-state index in [0.29, 0.717) is 11.6 Å².